The van der Waals surface area contributed by atoms with Crippen molar-refractivity contribution < 1.29 is 9.18 Å². The first-order valence-electron chi connectivity index (χ1n) is 8.04. The molecule has 3 rings (SSSR count). The van der Waals surface area contributed by atoms with E-state index in [1.807, 2.05) is 31.2 Å². The second-order valence-electron chi connectivity index (χ2n) is 5.79. The third-order valence-electron chi connectivity index (χ3n) is 3.91. The summed E-state index contributed by atoms with van der Waals surface area (Å²) in [4.78, 5) is 16.6. The van der Waals surface area contributed by atoms with Gasteiger partial charge in [0.15, 0.2) is 0 Å². The van der Waals surface area contributed by atoms with Crippen molar-refractivity contribution in [3.63, 3.8) is 0 Å². The smallest absolute Gasteiger partial charge is 0.251 e. The maximum atomic E-state index is 13.2. The maximum Gasteiger partial charge on any atom is 0.251 e. The third-order valence-corrected chi connectivity index (χ3v) is 4.20. The fourth-order valence-electron chi connectivity index (χ4n) is 2.45. The predicted octanol–water partition coefficient (Wildman–Crippen LogP) is 4.86. The van der Waals surface area contributed by atoms with Gasteiger partial charge in [-0.2, -0.15) is 0 Å². The standard InChI is InChI=1S/C20H17ClFN3O/c1-13-4-2-3-5-15(13)12-24-20(26)14-8-9-23-19(10-14)25-16-6-7-18(22)17(21)11-16/h2-11H,12H2,1H3,(H,23,25)(H,24,26). The molecule has 0 saturated heterocycles. The van der Waals surface area contributed by atoms with Crippen LogP contribution < -0.4 is 10.6 Å². The van der Waals surface area contributed by atoms with E-state index in [0.717, 1.165) is 11.1 Å². The first kappa shape index (κ1) is 17.9. The third kappa shape index (κ3) is 4.37. The predicted molar refractivity (Wildman–Crippen MR) is 101 cm³/mol. The minimum Gasteiger partial charge on any atom is -0.348 e. The Morgan fingerprint density at radius 1 is 1.15 bits per heavy atom. The van der Waals surface area contributed by atoms with Gasteiger partial charge in [-0.1, -0.05) is 35.9 Å². The molecule has 1 aromatic heterocycles. The summed E-state index contributed by atoms with van der Waals surface area (Å²) in [5, 5.41) is 5.92. The molecule has 0 aliphatic carbocycles. The number of pyridine rings is 1. The molecule has 2 aromatic carbocycles. The number of anilines is 2. The second kappa shape index (κ2) is 7.97. The van der Waals surface area contributed by atoms with Gasteiger partial charge in [-0.25, -0.2) is 9.37 Å². The van der Waals surface area contributed by atoms with Gasteiger partial charge in [0.2, 0.25) is 0 Å². The summed E-state index contributed by atoms with van der Waals surface area (Å²) in [5.41, 5.74) is 3.25. The van der Waals surface area contributed by atoms with Gasteiger partial charge in [0.05, 0.1) is 5.02 Å². The van der Waals surface area contributed by atoms with Crippen LogP contribution in [0.25, 0.3) is 0 Å². The minimum atomic E-state index is -0.491. The lowest BCUT2D eigenvalue weighted by atomic mass is 10.1. The molecule has 0 aliphatic heterocycles. The number of aryl methyl sites for hydroxylation is 1. The van der Waals surface area contributed by atoms with Gasteiger partial charge in [-0.05, 0) is 48.4 Å². The van der Waals surface area contributed by atoms with E-state index in [1.54, 1.807) is 18.2 Å². The van der Waals surface area contributed by atoms with Crippen LogP contribution in [-0.4, -0.2) is 10.9 Å². The number of carbonyl (C=O) groups is 1. The monoisotopic (exact) mass is 369 g/mol. The van der Waals surface area contributed by atoms with Crippen LogP contribution in [0, 0.1) is 12.7 Å². The largest absolute Gasteiger partial charge is 0.348 e. The van der Waals surface area contributed by atoms with Crippen LogP contribution in [0.1, 0.15) is 21.5 Å². The van der Waals surface area contributed by atoms with Crippen molar-refractivity contribution >= 4 is 29.0 Å². The molecular weight excluding hydrogens is 353 g/mol. The van der Waals surface area contributed by atoms with Crippen LogP contribution in [0.3, 0.4) is 0 Å². The number of carbonyl (C=O) groups excluding carboxylic acids is 1. The number of nitrogens with one attached hydrogen (secondary N) is 2. The van der Waals surface area contributed by atoms with Crippen molar-refractivity contribution in [2.75, 3.05) is 5.32 Å². The Hall–Kier alpha value is -2.92. The Kier molecular flexibility index (Phi) is 5.49. The summed E-state index contributed by atoms with van der Waals surface area (Å²) < 4.78 is 13.2. The Bertz CT molecular complexity index is 946. The molecule has 4 nitrogen and oxygen atoms in total. The van der Waals surface area contributed by atoms with E-state index in [0.29, 0.717) is 23.6 Å². The van der Waals surface area contributed by atoms with Gasteiger partial charge in [-0.3, -0.25) is 4.79 Å². The van der Waals surface area contributed by atoms with Crippen molar-refractivity contribution in [3.8, 4) is 0 Å². The molecule has 0 spiro atoms. The Balaban J connectivity index is 1.69. The van der Waals surface area contributed by atoms with Crippen molar-refractivity contribution in [2.45, 2.75) is 13.5 Å². The fourth-order valence-corrected chi connectivity index (χ4v) is 2.63. The highest BCUT2D eigenvalue weighted by Crippen LogP contribution is 2.22. The van der Waals surface area contributed by atoms with Gasteiger partial charge < -0.3 is 10.6 Å². The number of hydrogen-bond donors (Lipinski definition) is 2. The molecule has 1 heterocycles. The van der Waals surface area contributed by atoms with E-state index >= 15 is 0 Å². The van der Waals surface area contributed by atoms with Crippen LogP contribution >= 0.6 is 11.6 Å². The van der Waals surface area contributed by atoms with E-state index in [4.69, 9.17) is 11.6 Å². The summed E-state index contributed by atoms with van der Waals surface area (Å²) in [6, 6.07) is 15.4. The zero-order valence-corrected chi connectivity index (χ0v) is 14.8. The van der Waals surface area contributed by atoms with Crippen LogP contribution in [0.2, 0.25) is 5.02 Å². The molecule has 2 N–H and O–H groups in total. The average molecular weight is 370 g/mol. The molecule has 0 saturated carbocycles. The van der Waals surface area contributed by atoms with Gasteiger partial charge in [0, 0.05) is 24.0 Å². The van der Waals surface area contributed by atoms with Gasteiger partial charge >= 0.3 is 0 Å². The summed E-state index contributed by atoms with van der Waals surface area (Å²) in [6.07, 6.45) is 1.54. The summed E-state index contributed by atoms with van der Waals surface area (Å²) in [6.45, 7) is 2.45. The zero-order chi connectivity index (χ0) is 18.5. The van der Waals surface area contributed by atoms with Crippen LogP contribution in [0.15, 0.2) is 60.8 Å². The summed E-state index contributed by atoms with van der Waals surface area (Å²) in [5.74, 6) is -0.221. The van der Waals surface area contributed by atoms with E-state index < -0.39 is 5.82 Å². The molecule has 0 bridgehead atoms. The van der Waals surface area contributed by atoms with Crippen molar-refractivity contribution in [1.82, 2.24) is 10.3 Å². The maximum absolute atomic E-state index is 13.2. The highest BCUT2D eigenvalue weighted by atomic mass is 35.5. The molecule has 6 heteroatoms. The number of benzene rings is 2. The normalized spacial score (nSPS) is 10.4. The van der Waals surface area contributed by atoms with Crippen molar-refractivity contribution in [1.29, 1.82) is 0 Å². The Labute approximate surface area is 156 Å². The van der Waals surface area contributed by atoms with E-state index in [1.165, 1.54) is 18.3 Å². The lowest BCUT2D eigenvalue weighted by Crippen LogP contribution is -2.23. The molecule has 0 fully saturated rings. The first-order chi connectivity index (χ1) is 12.5. The first-order valence-corrected chi connectivity index (χ1v) is 8.41. The van der Waals surface area contributed by atoms with Crippen molar-refractivity contribution in [2.24, 2.45) is 0 Å². The number of aromatic nitrogens is 1. The topological polar surface area (TPSA) is 54.0 Å². The van der Waals surface area contributed by atoms with Crippen LogP contribution in [0.5, 0.6) is 0 Å². The van der Waals surface area contributed by atoms with Crippen LogP contribution in [0.4, 0.5) is 15.9 Å². The van der Waals surface area contributed by atoms with Gasteiger partial charge in [0.25, 0.3) is 5.91 Å². The molecule has 26 heavy (non-hydrogen) atoms. The number of hydrogen-bond acceptors (Lipinski definition) is 3. The van der Waals surface area contributed by atoms with Gasteiger partial charge in [-0.15, -0.1) is 0 Å². The zero-order valence-electron chi connectivity index (χ0n) is 14.1. The SMILES string of the molecule is Cc1ccccc1CNC(=O)c1ccnc(Nc2ccc(F)c(Cl)c2)c1. The molecule has 132 valence electrons. The molecule has 0 unspecified atom stereocenters. The van der Waals surface area contributed by atoms with Crippen molar-refractivity contribution in [3.05, 3.63) is 88.3 Å². The number of nitrogens with zero attached hydrogens (tertiary/aromatic N) is 1. The van der Waals surface area contributed by atoms with E-state index in [-0.39, 0.29) is 10.9 Å². The molecule has 0 aliphatic rings. The summed E-state index contributed by atoms with van der Waals surface area (Å²) >= 11 is 5.77. The Morgan fingerprint density at radius 3 is 2.73 bits per heavy atom. The molecule has 0 atom stereocenters. The molecule has 1 amide bonds. The molecule has 0 radical (unpaired) electrons. The number of rotatable bonds is 5. The molecular formula is C20H17ClFN3O. The lowest BCUT2D eigenvalue weighted by molar-refractivity contribution is 0.0951. The molecule has 3 aromatic rings. The second-order valence-corrected chi connectivity index (χ2v) is 6.20. The quantitative estimate of drug-likeness (QED) is 0.675. The van der Waals surface area contributed by atoms with E-state index in [2.05, 4.69) is 15.6 Å². The average Bonchev–Trinajstić information content (AvgIpc) is 2.64. The highest BCUT2D eigenvalue weighted by molar-refractivity contribution is 6.31. The van der Waals surface area contributed by atoms with Gasteiger partial charge in [0.1, 0.15) is 11.6 Å². The number of amides is 1. The number of halogens is 2. The van der Waals surface area contributed by atoms with Crippen LogP contribution in [-0.2, 0) is 6.54 Å². The highest BCUT2D eigenvalue weighted by Gasteiger charge is 2.08. The van der Waals surface area contributed by atoms with E-state index in [9.17, 15) is 9.18 Å². The minimum absolute atomic E-state index is 0.0159. The fraction of sp³-hybridized carbons (Fsp3) is 0.100. The summed E-state index contributed by atoms with van der Waals surface area (Å²) in [7, 11) is 0. The Morgan fingerprint density at radius 2 is 1.96 bits per heavy atom. The lowest BCUT2D eigenvalue weighted by Gasteiger charge is -2.10.